The largest absolute Gasteiger partial charge is 0.482 e. The van der Waals surface area contributed by atoms with Crippen molar-refractivity contribution in [1.29, 1.82) is 5.41 Å². The summed E-state index contributed by atoms with van der Waals surface area (Å²) >= 11 is 0. The Hall–Kier alpha value is -3.68. The van der Waals surface area contributed by atoms with Crippen LogP contribution in [0.5, 0.6) is 5.75 Å². The summed E-state index contributed by atoms with van der Waals surface area (Å²) in [5, 5.41) is 18.9. The molecular weight excluding hydrogens is 350 g/mol. The van der Waals surface area contributed by atoms with E-state index in [4.69, 9.17) is 21.0 Å². The summed E-state index contributed by atoms with van der Waals surface area (Å²) in [7, 11) is 0. The molecule has 8 nitrogen and oxygen atoms in total. The fourth-order valence-electron chi connectivity index (χ4n) is 2.27. The number of carbonyl (C=O) groups is 3. The molecule has 2 aromatic rings. The van der Waals surface area contributed by atoms with Crippen LogP contribution in [0.1, 0.15) is 27.6 Å². The third-order valence-electron chi connectivity index (χ3n) is 3.87. The van der Waals surface area contributed by atoms with Gasteiger partial charge in [0.15, 0.2) is 17.9 Å². The van der Waals surface area contributed by atoms with Gasteiger partial charge in [-0.1, -0.05) is 18.2 Å². The first-order valence-corrected chi connectivity index (χ1v) is 7.95. The number of carbonyl (C=O) groups excluding carboxylic acids is 2. The van der Waals surface area contributed by atoms with Gasteiger partial charge in [0.2, 0.25) is 0 Å². The lowest BCUT2D eigenvalue weighted by molar-refractivity contribution is -0.139. The van der Waals surface area contributed by atoms with Crippen molar-refractivity contribution >= 4 is 23.5 Å². The molecule has 0 saturated heterocycles. The van der Waals surface area contributed by atoms with Gasteiger partial charge < -0.3 is 20.9 Å². The maximum atomic E-state index is 12.9. The standard InChI is InChI=1S/C19H19N3O5/c1-19(18(20)21,22-17(26)13-5-3-2-4-6-13)16(25)12-7-9-14(10-8-12)27-11-15(23)24/h2-10H,11H2,1H3,(H3,20,21)(H,22,26)(H,23,24). The number of carboxylic acid groups (broad SMARTS) is 1. The van der Waals surface area contributed by atoms with Gasteiger partial charge in [-0.15, -0.1) is 0 Å². The zero-order valence-corrected chi connectivity index (χ0v) is 14.6. The number of amides is 1. The third kappa shape index (κ3) is 4.69. The molecule has 1 unspecified atom stereocenters. The SMILES string of the molecule is CC(NC(=O)c1ccccc1)(C(=N)N)C(=O)c1ccc(OCC(=O)O)cc1. The van der Waals surface area contributed by atoms with Crippen molar-refractivity contribution in [2.24, 2.45) is 5.73 Å². The van der Waals surface area contributed by atoms with E-state index in [0.717, 1.165) is 0 Å². The second-order valence-electron chi connectivity index (χ2n) is 5.89. The average molecular weight is 369 g/mol. The molecule has 8 heteroatoms. The van der Waals surface area contributed by atoms with Crippen LogP contribution < -0.4 is 15.8 Å². The van der Waals surface area contributed by atoms with Crippen LogP contribution in [0.2, 0.25) is 0 Å². The lowest BCUT2D eigenvalue weighted by atomic mass is 9.89. The minimum atomic E-state index is -1.74. The van der Waals surface area contributed by atoms with Gasteiger partial charge in [-0.2, -0.15) is 0 Å². The number of rotatable bonds is 8. The lowest BCUT2D eigenvalue weighted by Crippen LogP contribution is -2.60. The monoisotopic (exact) mass is 369 g/mol. The molecule has 0 saturated carbocycles. The van der Waals surface area contributed by atoms with Crippen molar-refractivity contribution in [3.63, 3.8) is 0 Å². The molecule has 1 atom stereocenters. The van der Waals surface area contributed by atoms with Crippen LogP contribution in [-0.2, 0) is 4.79 Å². The Labute approximate surface area is 155 Å². The van der Waals surface area contributed by atoms with E-state index < -0.39 is 35.6 Å². The molecule has 140 valence electrons. The zero-order chi connectivity index (χ0) is 20.0. The van der Waals surface area contributed by atoms with Crippen LogP contribution in [0.4, 0.5) is 0 Å². The van der Waals surface area contributed by atoms with Crippen molar-refractivity contribution in [2.45, 2.75) is 12.5 Å². The van der Waals surface area contributed by atoms with Gasteiger partial charge in [-0.05, 0) is 43.3 Å². The molecular formula is C19H19N3O5. The summed E-state index contributed by atoms with van der Waals surface area (Å²) in [5.74, 6) is -2.48. The lowest BCUT2D eigenvalue weighted by Gasteiger charge is -2.28. The number of Topliss-reactive ketones (excluding diaryl/α,β-unsaturated/α-hetero) is 1. The second kappa shape index (κ2) is 8.13. The highest BCUT2D eigenvalue weighted by Gasteiger charge is 2.39. The van der Waals surface area contributed by atoms with Crippen LogP contribution >= 0.6 is 0 Å². The maximum Gasteiger partial charge on any atom is 0.341 e. The van der Waals surface area contributed by atoms with Gasteiger partial charge >= 0.3 is 5.97 Å². The highest BCUT2D eigenvalue weighted by Crippen LogP contribution is 2.18. The number of nitrogens with one attached hydrogen (secondary N) is 2. The summed E-state index contributed by atoms with van der Waals surface area (Å²) in [6.07, 6.45) is 0. The number of aliphatic carboxylic acids is 1. The summed E-state index contributed by atoms with van der Waals surface area (Å²) in [5.41, 5.74) is 4.38. The van der Waals surface area contributed by atoms with E-state index in [9.17, 15) is 14.4 Å². The molecule has 0 bridgehead atoms. The molecule has 0 radical (unpaired) electrons. The summed E-state index contributed by atoms with van der Waals surface area (Å²) in [4.78, 5) is 35.8. The van der Waals surface area contributed by atoms with Crippen LogP contribution in [0.3, 0.4) is 0 Å². The third-order valence-corrected chi connectivity index (χ3v) is 3.87. The summed E-state index contributed by atoms with van der Waals surface area (Å²) < 4.78 is 5.01. The fraction of sp³-hybridized carbons (Fsp3) is 0.158. The number of carboxylic acids is 1. The van der Waals surface area contributed by atoms with Crippen LogP contribution in [0.25, 0.3) is 0 Å². The Bertz CT molecular complexity index is 865. The number of ether oxygens (including phenoxy) is 1. The Morgan fingerprint density at radius 2 is 1.67 bits per heavy atom. The van der Waals surface area contributed by atoms with Gasteiger partial charge in [0.1, 0.15) is 11.6 Å². The predicted molar refractivity (Wildman–Crippen MR) is 98.1 cm³/mol. The number of amidine groups is 1. The molecule has 0 aliphatic heterocycles. The molecule has 2 rings (SSSR count). The van der Waals surface area contributed by atoms with Crippen LogP contribution in [0, 0.1) is 5.41 Å². The van der Waals surface area contributed by atoms with Crippen molar-refractivity contribution in [3.05, 3.63) is 65.7 Å². The first-order valence-electron chi connectivity index (χ1n) is 7.95. The van der Waals surface area contributed by atoms with Crippen molar-refractivity contribution in [2.75, 3.05) is 6.61 Å². The van der Waals surface area contributed by atoms with Crippen LogP contribution in [-0.4, -0.2) is 40.7 Å². The minimum absolute atomic E-state index is 0.184. The quantitative estimate of drug-likeness (QED) is 0.315. The Kier molecular flexibility index (Phi) is 5.92. The molecule has 0 fully saturated rings. The van der Waals surface area contributed by atoms with Gasteiger partial charge in [0, 0.05) is 11.1 Å². The topological polar surface area (TPSA) is 143 Å². The molecule has 0 aliphatic rings. The highest BCUT2D eigenvalue weighted by molar-refractivity contribution is 6.20. The molecule has 0 aliphatic carbocycles. The second-order valence-corrected chi connectivity index (χ2v) is 5.89. The van der Waals surface area contributed by atoms with Gasteiger partial charge in [0.05, 0.1) is 0 Å². The Morgan fingerprint density at radius 3 is 2.19 bits per heavy atom. The van der Waals surface area contributed by atoms with Crippen molar-refractivity contribution in [3.8, 4) is 5.75 Å². The van der Waals surface area contributed by atoms with E-state index in [-0.39, 0.29) is 11.3 Å². The molecule has 0 heterocycles. The van der Waals surface area contributed by atoms with Crippen molar-refractivity contribution in [1.82, 2.24) is 5.32 Å². The number of benzene rings is 2. The van der Waals surface area contributed by atoms with E-state index in [0.29, 0.717) is 5.56 Å². The van der Waals surface area contributed by atoms with Gasteiger partial charge in [-0.25, -0.2) is 4.79 Å². The highest BCUT2D eigenvalue weighted by atomic mass is 16.5. The number of ketones is 1. The van der Waals surface area contributed by atoms with E-state index in [2.05, 4.69) is 5.32 Å². The number of hydrogen-bond acceptors (Lipinski definition) is 5. The smallest absolute Gasteiger partial charge is 0.341 e. The Balaban J connectivity index is 2.22. The van der Waals surface area contributed by atoms with E-state index in [1.165, 1.54) is 31.2 Å². The van der Waals surface area contributed by atoms with E-state index in [1.807, 2.05) is 0 Å². The minimum Gasteiger partial charge on any atom is -0.482 e. The van der Waals surface area contributed by atoms with Gasteiger partial charge in [-0.3, -0.25) is 15.0 Å². The molecule has 2 aromatic carbocycles. The molecule has 1 amide bonds. The van der Waals surface area contributed by atoms with E-state index >= 15 is 0 Å². The Morgan fingerprint density at radius 1 is 1.07 bits per heavy atom. The van der Waals surface area contributed by atoms with Crippen molar-refractivity contribution < 1.29 is 24.2 Å². The van der Waals surface area contributed by atoms with Gasteiger partial charge in [0.25, 0.3) is 5.91 Å². The summed E-state index contributed by atoms with van der Waals surface area (Å²) in [6.45, 7) is 0.846. The average Bonchev–Trinajstić information content (AvgIpc) is 2.66. The number of nitrogens with two attached hydrogens (primary N) is 1. The first-order chi connectivity index (χ1) is 12.7. The van der Waals surface area contributed by atoms with Crippen LogP contribution in [0.15, 0.2) is 54.6 Å². The normalized spacial score (nSPS) is 12.5. The maximum absolute atomic E-state index is 12.9. The van der Waals surface area contributed by atoms with E-state index in [1.54, 1.807) is 30.3 Å². The number of hydrogen-bond donors (Lipinski definition) is 4. The first kappa shape index (κ1) is 19.6. The molecule has 5 N–H and O–H groups in total. The predicted octanol–water partition coefficient (Wildman–Crippen LogP) is 1.46. The molecule has 27 heavy (non-hydrogen) atoms. The summed E-state index contributed by atoms with van der Waals surface area (Å²) in [6, 6.07) is 13.9. The molecule has 0 aromatic heterocycles. The fourth-order valence-corrected chi connectivity index (χ4v) is 2.27. The zero-order valence-electron chi connectivity index (χ0n) is 14.6. The molecule has 0 spiro atoms.